The van der Waals surface area contributed by atoms with Crippen LogP contribution in [0.2, 0.25) is 5.02 Å². The van der Waals surface area contributed by atoms with Crippen molar-refractivity contribution in [3.05, 3.63) is 53.3 Å². The standard InChI is InChI=1S/C19H20ClN3O4/c1-13(27-19(25)17-12-14(20)6-7-21-17)18(24)22-15-2-4-16(5-3-15)23-8-10-26-11-9-23/h2-7,12-13H,8-11H2,1H3,(H,22,24)/t13-/m0/s1. The van der Waals surface area contributed by atoms with Crippen molar-refractivity contribution in [3.8, 4) is 0 Å². The minimum Gasteiger partial charge on any atom is -0.448 e. The highest BCUT2D eigenvalue weighted by atomic mass is 35.5. The molecule has 1 aliphatic heterocycles. The average molecular weight is 390 g/mol. The number of aromatic nitrogens is 1. The zero-order valence-electron chi connectivity index (χ0n) is 14.9. The Morgan fingerprint density at radius 1 is 1.22 bits per heavy atom. The molecule has 0 radical (unpaired) electrons. The normalized spacial score (nSPS) is 15.1. The molecule has 27 heavy (non-hydrogen) atoms. The third-order valence-corrected chi connectivity index (χ3v) is 4.33. The van der Waals surface area contributed by atoms with Crippen molar-refractivity contribution in [1.82, 2.24) is 4.98 Å². The zero-order chi connectivity index (χ0) is 19.2. The van der Waals surface area contributed by atoms with Crippen LogP contribution < -0.4 is 10.2 Å². The minimum atomic E-state index is -0.975. The van der Waals surface area contributed by atoms with Gasteiger partial charge in [-0.3, -0.25) is 4.79 Å². The van der Waals surface area contributed by atoms with E-state index in [2.05, 4.69) is 15.2 Å². The molecular formula is C19H20ClN3O4. The van der Waals surface area contributed by atoms with Gasteiger partial charge in [0.2, 0.25) is 0 Å². The van der Waals surface area contributed by atoms with Gasteiger partial charge < -0.3 is 19.7 Å². The second kappa shape index (κ2) is 8.83. The number of esters is 1. The van der Waals surface area contributed by atoms with Gasteiger partial charge in [-0.2, -0.15) is 0 Å². The van der Waals surface area contributed by atoms with Crippen molar-refractivity contribution in [2.24, 2.45) is 0 Å². The lowest BCUT2D eigenvalue weighted by molar-refractivity contribution is -0.123. The first-order valence-corrected chi connectivity index (χ1v) is 8.97. The molecule has 0 spiro atoms. The van der Waals surface area contributed by atoms with Gasteiger partial charge in [0, 0.05) is 35.7 Å². The molecule has 0 unspecified atom stereocenters. The Hall–Kier alpha value is -2.64. The fourth-order valence-corrected chi connectivity index (χ4v) is 2.77. The highest BCUT2D eigenvalue weighted by Gasteiger charge is 2.20. The Morgan fingerprint density at radius 3 is 2.59 bits per heavy atom. The monoisotopic (exact) mass is 389 g/mol. The van der Waals surface area contributed by atoms with Gasteiger partial charge in [-0.1, -0.05) is 11.6 Å². The SMILES string of the molecule is C[C@H](OC(=O)c1cc(Cl)ccn1)C(=O)Nc1ccc(N2CCOCC2)cc1. The van der Waals surface area contributed by atoms with E-state index in [4.69, 9.17) is 21.1 Å². The number of hydrogen-bond acceptors (Lipinski definition) is 6. The fraction of sp³-hybridized carbons (Fsp3) is 0.316. The summed E-state index contributed by atoms with van der Waals surface area (Å²) in [5, 5.41) is 3.10. The van der Waals surface area contributed by atoms with Crippen LogP contribution in [0.4, 0.5) is 11.4 Å². The van der Waals surface area contributed by atoms with Crippen LogP contribution in [0.25, 0.3) is 0 Å². The number of benzene rings is 1. The average Bonchev–Trinajstić information content (AvgIpc) is 2.69. The first-order valence-electron chi connectivity index (χ1n) is 8.59. The van der Waals surface area contributed by atoms with Gasteiger partial charge >= 0.3 is 5.97 Å². The molecule has 8 heteroatoms. The van der Waals surface area contributed by atoms with Crippen LogP contribution in [0.5, 0.6) is 0 Å². The fourth-order valence-electron chi connectivity index (χ4n) is 2.61. The van der Waals surface area contributed by atoms with Crippen LogP contribution in [0, 0.1) is 0 Å². The highest BCUT2D eigenvalue weighted by molar-refractivity contribution is 6.30. The van der Waals surface area contributed by atoms with E-state index in [1.807, 2.05) is 24.3 Å². The van der Waals surface area contributed by atoms with Gasteiger partial charge in [-0.25, -0.2) is 9.78 Å². The largest absolute Gasteiger partial charge is 0.448 e. The Balaban J connectivity index is 1.55. The van der Waals surface area contributed by atoms with E-state index in [0.29, 0.717) is 23.9 Å². The van der Waals surface area contributed by atoms with Crippen LogP contribution in [0.3, 0.4) is 0 Å². The minimum absolute atomic E-state index is 0.0528. The number of pyridine rings is 1. The van der Waals surface area contributed by atoms with Crippen LogP contribution in [0.15, 0.2) is 42.6 Å². The summed E-state index contributed by atoms with van der Waals surface area (Å²) in [5.74, 6) is -1.13. The van der Waals surface area contributed by atoms with Gasteiger partial charge in [0.15, 0.2) is 6.10 Å². The number of halogens is 1. The van der Waals surface area contributed by atoms with Crippen molar-refractivity contribution >= 4 is 34.9 Å². The zero-order valence-corrected chi connectivity index (χ0v) is 15.6. The second-order valence-corrected chi connectivity index (χ2v) is 6.48. The topological polar surface area (TPSA) is 80.8 Å². The molecule has 1 N–H and O–H groups in total. The van der Waals surface area contributed by atoms with Crippen LogP contribution in [0.1, 0.15) is 17.4 Å². The Kier molecular flexibility index (Phi) is 6.26. The van der Waals surface area contributed by atoms with Gasteiger partial charge in [-0.15, -0.1) is 0 Å². The molecule has 1 aromatic carbocycles. The molecule has 1 atom stereocenters. The number of morpholine rings is 1. The number of nitrogens with one attached hydrogen (secondary N) is 1. The summed E-state index contributed by atoms with van der Waals surface area (Å²) in [4.78, 5) is 30.4. The highest BCUT2D eigenvalue weighted by Crippen LogP contribution is 2.19. The lowest BCUT2D eigenvalue weighted by Gasteiger charge is -2.28. The van der Waals surface area contributed by atoms with Crippen LogP contribution in [-0.4, -0.2) is 49.3 Å². The summed E-state index contributed by atoms with van der Waals surface area (Å²) in [6, 6.07) is 10.4. The third kappa shape index (κ3) is 5.18. The number of anilines is 2. The number of ether oxygens (including phenoxy) is 2. The van der Waals surface area contributed by atoms with E-state index in [-0.39, 0.29) is 5.69 Å². The molecule has 142 valence electrons. The molecule has 2 aromatic rings. The lowest BCUT2D eigenvalue weighted by atomic mass is 10.2. The lowest BCUT2D eigenvalue weighted by Crippen LogP contribution is -2.36. The van der Waals surface area contributed by atoms with E-state index in [0.717, 1.165) is 18.8 Å². The first kappa shape index (κ1) is 19.1. The van der Waals surface area contributed by atoms with Crippen LogP contribution in [-0.2, 0) is 14.3 Å². The summed E-state index contributed by atoms with van der Waals surface area (Å²) < 4.78 is 10.5. The molecule has 1 amide bonds. The molecule has 1 aromatic heterocycles. The van der Waals surface area contributed by atoms with Gasteiger partial charge in [0.05, 0.1) is 13.2 Å². The van der Waals surface area contributed by atoms with Crippen LogP contribution >= 0.6 is 11.6 Å². The summed E-state index contributed by atoms with van der Waals surface area (Å²) in [6.07, 6.45) is 0.428. The molecule has 1 saturated heterocycles. The first-order chi connectivity index (χ1) is 13.0. The maximum atomic E-state index is 12.3. The number of amides is 1. The van der Waals surface area contributed by atoms with Crippen molar-refractivity contribution in [1.29, 1.82) is 0 Å². The van der Waals surface area contributed by atoms with Crippen molar-refractivity contribution in [3.63, 3.8) is 0 Å². The second-order valence-electron chi connectivity index (χ2n) is 6.04. The molecule has 2 heterocycles. The summed E-state index contributed by atoms with van der Waals surface area (Å²) in [7, 11) is 0. The van der Waals surface area contributed by atoms with E-state index >= 15 is 0 Å². The molecule has 3 rings (SSSR count). The van der Waals surface area contributed by atoms with Gasteiger partial charge in [0.1, 0.15) is 5.69 Å². The summed E-state index contributed by atoms with van der Waals surface area (Å²) in [5.41, 5.74) is 1.75. The molecule has 1 fully saturated rings. The summed E-state index contributed by atoms with van der Waals surface area (Å²) in [6.45, 7) is 4.61. The maximum Gasteiger partial charge on any atom is 0.357 e. The molecule has 0 aliphatic carbocycles. The number of carbonyl (C=O) groups excluding carboxylic acids is 2. The molecule has 1 aliphatic rings. The van der Waals surface area contributed by atoms with E-state index in [9.17, 15) is 9.59 Å². The molecule has 0 saturated carbocycles. The number of carbonyl (C=O) groups is 2. The molecular weight excluding hydrogens is 370 g/mol. The van der Waals surface area contributed by atoms with Gasteiger partial charge in [-0.05, 0) is 43.3 Å². The van der Waals surface area contributed by atoms with E-state index in [1.165, 1.54) is 19.2 Å². The van der Waals surface area contributed by atoms with E-state index in [1.54, 1.807) is 6.07 Å². The maximum absolute atomic E-state index is 12.3. The molecule has 0 bridgehead atoms. The Labute approximate surface area is 162 Å². The quantitative estimate of drug-likeness (QED) is 0.792. The van der Waals surface area contributed by atoms with Gasteiger partial charge in [0.25, 0.3) is 5.91 Å². The number of rotatable bonds is 5. The number of nitrogens with zero attached hydrogens (tertiary/aromatic N) is 2. The van der Waals surface area contributed by atoms with Crippen molar-refractivity contribution in [2.75, 3.05) is 36.5 Å². The smallest absolute Gasteiger partial charge is 0.357 e. The Bertz CT molecular complexity index is 807. The van der Waals surface area contributed by atoms with Crippen molar-refractivity contribution < 1.29 is 19.1 Å². The summed E-state index contributed by atoms with van der Waals surface area (Å²) >= 11 is 5.83. The third-order valence-electron chi connectivity index (χ3n) is 4.10. The molecule has 7 nitrogen and oxygen atoms in total. The van der Waals surface area contributed by atoms with Crippen molar-refractivity contribution in [2.45, 2.75) is 13.0 Å². The predicted octanol–water partition coefficient (Wildman–Crippen LogP) is 2.76. The van der Waals surface area contributed by atoms with E-state index < -0.39 is 18.0 Å². The Morgan fingerprint density at radius 2 is 1.93 bits per heavy atom. The number of hydrogen-bond donors (Lipinski definition) is 1. The predicted molar refractivity (Wildman–Crippen MR) is 102 cm³/mol.